The maximum Gasteiger partial charge on any atom is 0.226 e. The molecule has 0 saturated heterocycles. The zero-order chi connectivity index (χ0) is 12.5. The Morgan fingerprint density at radius 2 is 2.28 bits per heavy atom. The molecule has 96 valence electrons. The normalized spacial score (nSPS) is 15.2. The van der Waals surface area contributed by atoms with Gasteiger partial charge in [-0.25, -0.2) is 4.98 Å². The third-order valence-corrected chi connectivity index (χ3v) is 3.38. The van der Waals surface area contributed by atoms with E-state index < -0.39 is 0 Å². The molecule has 0 bridgehead atoms. The molecule has 5 nitrogen and oxygen atoms in total. The van der Waals surface area contributed by atoms with Gasteiger partial charge in [0.05, 0.1) is 6.33 Å². The molecule has 1 aliphatic rings. The molecule has 0 aliphatic heterocycles. The highest BCUT2D eigenvalue weighted by atomic mass is 35.5. The summed E-state index contributed by atoms with van der Waals surface area (Å²) in [5, 5.41) is 0.265. The van der Waals surface area contributed by atoms with Crippen molar-refractivity contribution >= 4 is 28.6 Å². The molecule has 1 N–H and O–H groups in total. The van der Waals surface area contributed by atoms with Gasteiger partial charge >= 0.3 is 0 Å². The van der Waals surface area contributed by atoms with Crippen LogP contribution in [-0.2, 0) is 0 Å². The molecule has 2 aromatic rings. The number of aromatic amines is 1. The predicted octanol–water partition coefficient (Wildman–Crippen LogP) is 2.63. The van der Waals surface area contributed by atoms with Gasteiger partial charge in [0, 0.05) is 13.1 Å². The second kappa shape index (κ2) is 4.72. The van der Waals surface area contributed by atoms with E-state index in [1.165, 1.54) is 12.8 Å². The van der Waals surface area contributed by atoms with Crippen molar-refractivity contribution in [3.63, 3.8) is 0 Å². The number of nitrogens with one attached hydrogen (secondary N) is 1. The first-order valence-corrected chi connectivity index (χ1v) is 6.77. The third-order valence-electron chi connectivity index (χ3n) is 3.21. The van der Waals surface area contributed by atoms with Gasteiger partial charge in [-0.3, -0.25) is 0 Å². The van der Waals surface area contributed by atoms with Gasteiger partial charge in [-0.1, -0.05) is 6.92 Å². The molecule has 0 unspecified atom stereocenters. The summed E-state index contributed by atoms with van der Waals surface area (Å²) in [6.45, 7) is 4.21. The smallest absolute Gasteiger partial charge is 0.226 e. The van der Waals surface area contributed by atoms with Crippen LogP contribution >= 0.6 is 11.6 Å². The molecule has 2 heterocycles. The van der Waals surface area contributed by atoms with E-state index in [0.29, 0.717) is 5.65 Å². The molecule has 3 rings (SSSR count). The lowest BCUT2D eigenvalue weighted by Gasteiger charge is -2.23. The highest BCUT2D eigenvalue weighted by Gasteiger charge is 2.26. The van der Waals surface area contributed by atoms with Gasteiger partial charge < -0.3 is 9.88 Å². The summed E-state index contributed by atoms with van der Waals surface area (Å²) in [5.74, 6) is 1.69. The summed E-state index contributed by atoms with van der Waals surface area (Å²) in [7, 11) is 0. The molecular formula is C12H16ClN5. The first-order valence-electron chi connectivity index (χ1n) is 6.39. The SMILES string of the molecule is CCCN(CC1CC1)c1nc(Cl)nc2nc[nH]c12. The van der Waals surface area contributed by atoms with E-state index in [-0.39, 0.29) is 5.28 Å². The molecule has 2 aromatic heterocycles. The second-order valence-electron chi connectivity index (χ2n) is 4.81. The summed E-state index contributed by atoms with van der Waals surface area (Å²) in [4.78, 5) is 18.1. The second-order valence-corrected chi connectivity index (χ2v) is 5.14. The molecule has 1 saturated carbocycles. The van der Waals surface area contributed by atoms with E-state index in [4.69, 9.17) is 11.6 Å². The van der Waals surface area contributed by atoms with E-state index in [2.05, 4.69) is 31.8 Å². The van der Waals surface area contributed by atoms with Crippen molar-refractivity contribution in [1.82, 2.24) is 19.9 Å². The zero-order valence-electron chi connectivity index (χ0n) is 10.4. The van der Waals surface area contributed by atoms with Crippen molar-refractivity contribution in [1.29, 1.82) is 0 Å². The molecule has 1 fully saturated rings. The van der Waals surface area contributed by atoms with Crippen LogP contribution in [0.2, 0.25) is 5.28 Å². The summed E-state index contributed by atoms with van der Waals surface area (Å²) in [5.41, 5.74) is 1.52. The fourth-order valence-electron chi connectivity index (χ4n) is 2.19. The van der Waals surface area contributed by atoms with Crippen LogP contribution in [0.5, 0.6) is 0 Å². The number of imidazole rings is 1. The lowest BCUT2D eigenvalue weighted by molar-refractivity contribution is 0.700. The lowest BCUT2D eigenvalue weighted by Crippen LogP contribution is -2.27. The van der Waals surface area contributed by atoms with Crippen LogP contribution in [0.25, 0.3) is 11.2 Å². The highest BCUT2D eigenvalue weighted by Crippen LogP contribution is 2.32. The van der Waals surface area contributed by atoms with Crippen molar-refractivity contribution in [3.05, 3.63) is 11.6 Å². The first kappa shape index (κ1) is 11.7. The van der Waals surface area contributed by atoms with Crippen LogP contribution in [0.15, 0.2) is 6.33 Å². The Kier molecular flexibility index (Phi) is 3.07. The van der Waals surface area contributed by atoms with Gasteiger partial charge in [-0.05, 0) is 36.8 Å². The number of aromatic nitrogens is 4. The number of rotatable bonds is 5. The average Bonchev–Trinajstić information content (AvgIpc) is 3.03. The standard InChI is InChI=1S/C12H16ClN5/c1-2-5-18(6-8-3-4-8)11-9-10(15-7-14-9)16-12(13)17-11/h7-8H,2-6H2,1H3,(H,14,15,16,17). The Bertz CT molecular complexity index is 548. The fourth-order valence-corrected chi connectivity index (χ4v) is 2.35. The Morgan fingerprint density at radius 1 is 1.44 bits per heavy atom. The molecule has 0 radical (unpaired) electrons. The minimum absolute atomic E-state index is 0.265. The number of anilines is 1. The third kappa shape index (κ3) is 2.27. The summed E-state index contributed by atoms with van der Waals surface area (Å²) in [6.07, 6.45) is 5.38. The minimum atomic E-state index is 0.265. The van der Waals surface area contributed by atoms with E-state index in [1.807, 2.05) is 0 Å². The lowest BCUT2D eigenvalue weighted by atomic mass is 10.3. The number of nitrogens with zero attached hydrogens (tertiary/aromatic N) is 4. The Balaban J connectivity index is 2.00. The van der Waals surface area contributed by atoms with Crippen molar-refractivity contribution < 1.29 is 0 Å². The van der Waals surface area contributed by atoms with Crippen LogP contribution < -0.4 is 4.90 Å². The molecule has 0 aromatic carbocycles. The Morgan fingerprint density at radius 3 is 3.00 bits per heavy atom. The van der Waals surface area contributed by atoms with Crippen molar-refractivity contribution in [2.75, 3.05) is 18.0 Å². The summed E-state index contributed by atoms with van der Waals surface area (Å²) >= 11 is 5.97. The maximum atomic E-state index is 5.97. The molecular weight excluding hydrogens is 250 g/mol. The molecule has 1 aliphatic carbocycles. The van der Waals surface area contributed by atoms with Crippen LogP contribution in [-0.4, -0.2) is 33.0 Å². The van der Waals surface area contributed by atoms with Gasteiger partial charge in [-0.2, -0.15) is 9.97 Å². The van der Waals surface area contributed by atoms with E-state index in [1.54, 1.807) is 6.33 Å². The molecule has 0 amide bonds. The monoisotopic (exact) mass is 265 g/mol. The van der Waals surface area contributed by atoms with Crippen molar-refractivity contribution in [2.24, 2.45) is 5.92 Å². The van der Waals surface area contributed by atoms with Crippen LogP contribution in [0.1, 0.15) is 26.2 Å². The summed E-state index contributed by atoms with van der Waals surface area (Å²) in [6, 6.07) is 0. The predicted molar refractivity (Wildman–Crippen MR) is 71.9 cm³/mol. The van der Waals surface area contributed by atoms with Crippen molar-refractivity contribution in [3.8, 4) is 0 Å². The fraction of sp³-hybridized carbons (Fsp3) is 0.583. The van der Waals surface area contributed by atoms with Gasteiger partial charge in [0.1, 0.15) is 5.52 Å². The molecule has 6 heteroatoms. The van der Waals surface area contributed by atoms with Crippen molar-refractivity contribution in [2.45, 2.75) is 26.2 Å². The Hall–Kier alpha value is -1.36. The molecule has 18 heavy (non-hydrogen) atoms. The van der Waals surface area contributed by atoms with Crippen LogP contribution in [0.3, 0.4) is 0 Å². The maximum absolute atomic E-state index is 5.97. The van der Waals surface area contributed by atoms with Crippen LogP contribution in [0, 0.1) is 5.92 Å². The number of fused-ring (bicyclic) bond motifs is 1. The molecule has 0 atom stereocenters. The van der Waals surface area contributed by atoms with Gasteiger partial charge in [0.2, 0.25) is 5.28 Å². The number of hydrogen-bond donors (Lipinski definition) is 1. The van der Waals surface area contributed by atoms with Crippen LogP contribution in [0.4, 0.5) is 5.82 Å². The minimum Gasteiger partial charge on any atom is -0.354 e. The van der Waals surface area contributed by atoms with Gasteiger partial charge in [0.25, 0.3) is 0 Å². The van der Waals surface area contributed by atoms with Gasteiger partial charge in [0.15, 0.2) is 11.5 Å². The van der Waals surface area contributed by atoms with E-state index >= 15 is 0 Å². The number of hydrogen-bond acceptors (Lipinski definition) is 4. The number of halogens is 1. The number of H-pyrrole nitrogens is 1. The largest absolute Gasteiger partial charge is 0.354 e. The van der Waals surface area contributed by atoms with E-state index in [9.17, 15) is 0 Å². The highest BCUT2D eigenvalue weighted by molar-refractivity contribution is 6.28. The Labute approximate surface area is 111 Å². The quantitative estimate of drug-likeness (QED) is 0.845. The first-order chi connectivity index (χ1) is 8.78. The molecule has 0 spiro atoms. The average molecular weight is 266 g/mol. The van der Waals surface area contributed by atoms with E-state index in [0.717, 1.165) is 36.8 Å². The topological polar surface area (TPSA) is 57.7 Å². The van der Waals surface area contributed by atoms with Gasteiger partial charge in [-0.15, -0.1) is 0 Å². The summed E-state index contributed by atoms with van der Waals surface area (Å²) < 4.78 is 0. The zero-order valence-corrected chi connectivity index (χ0v) is 11.1.